The summed E-state index contributed by atoms with van der Waals surface area (Å²) in [6.45, 7) is 5.20. The molecule has 2 N–H and O–H groups in total. The van der Waals surface area contributed by atoms with E-state index in [4.69, 9.17) is 5.73 Å². The van der Waals surface area contributed by atoms with E-state index in [1.165, 1.54) is 4.68 Å². The highest BCUT2D eigenvalue weighted by Gasteiger charge is 2.11. The third-order valence-electron chi connectivity index (χ3n) is 1.84. The van der Waals surface area contributed by atoms with E-state index in [1.807, 2.05) is 13.8 Å². The molecule has 1 rings (SSSR count). The third-order valence-corrected chi connectivity index (χ3v) is 1.84. The first-order valence-electron chi connectivity index (χ1n) is 4.29. The van der Waals surface area contributed by atoms with Crippen LogP contribution in [0.4, 0.5) is 10.6 Å². The van der Waals surface area contributed by atoms with Gasteiger partial charge in [0.05, 0.1) is 0 Å². The maximum Gasteiger partial charge on any atom is 0.344 e. The van der Waals surface area contributed by atoms with Crippen molar-refractivity contribution in [3.05, 3.63) is 12.3 Å². The van der Waals surface area contributed by atoms with Crippen LogP contribution >= 0.6 is 0 Å². The molecule has 1 aromatic rings. The monoisotopic (exact) mass is 182 g/mol. The molecule has 13 heavy (non-hydrogen) atoms. The van der Waals surface area contributed by atoms with Crippen LogP contribution in [-0.4, -0.2) is 33.8 Å². The van der Waals surface area contributed by atoms with E-state index >= 15 is 0 Å². The minimum atomic E-state index is -0.137. The van der Waals surface area contributed by atoms with Gasteiger partial charge in [0, 0.05) is 25.4 Å². The number of carbonyl (C=O) groups excluding carboxylic acids is 1. The molecule has 0 radical (unpaired) electrons. The maximum atomic E-state index is 11.6. The Morgan fingerprint density at radius 1 is 1.62 bits per heavy atom. The first kappa shape index (κ1) is 9.57. The molecule has 0 spiro atoms. The molecule has 0 bridgehead atoms. The number of nitrogens with zero attached hydrogens (tertiary/aromatic N) is 3. The highest BCUT2D eigenvalue weighted by atomic mass is 16.2. The number of rotatable bonds is 2. The molecule has 0 unspecified atom stereocenters. The lowest BCUT2D eigenvalue weighted by Gasteiger charge is -2.17. The molecule has 0 atom stereocenters. The molecular weight excluding hydrogens is 168 g/mol. The van der Waals surface area contributed by atoms with Gasteiger partial charge in [-0.3, -0.25) is 0 Å². The first-order valence-corrected chi connectivity index (χ1v) is 4.29. The normalized spacial score (nSPS) is 10.0. The second-order valence-corrected chi connectivity index (χ2v) is 2.64. The zero-order valence-electron chi connectivity index (χ0n) is 7.90. The first-order chi connectivity index (χ1) is 6.19. The van der Waals surface area contributed by atoms with E-state index in [1.54, 1.807) is 17.2 Å². The topological polar surface area (TPSA) is 64.2 Å². The van der Waals surface area contributed by atoms with E-state index in [0.29, 0.717) is 18.9 Å². The van der Waals surface area contributed by atoms with Crippen LogP contribution in [0.15, 0.2) is 12.3 Å². The number of nitrogen functional groups attached to an aromatic ring is 1. The van der Waals surface area contributed by atoms with Gasteiger partial charge in [0.25, 0.3) is 0 Å². The quantitative estimate of drug-likeness (QED) is 0.734. The van der Waals surface area contributed by atoms with Crippen LogP contribution in [0.5, 0.6) is 0 Å². The van der Waals surface area contributed by atoms with E-state index in [2.05, 4.69) is 5.10 Å². The van der Waals surface area contributed by atoms with Gasteiger partial charge in [-0.2, -0.15) is 4.68 Å². The predicted molar refractivity (Wildman–Crippen MR) is 50.4 cm³/mol. The van der Waals surface area contributed by atoms with Crippen LogP contribution in [0, 0.1) is 0 Å². The summed E-state index contributed by atoms with van der Waals surface area (Å²) >= 11 is 0. The predicted octanol–water partition coefficient (Wildman–Crippen LogP) is 0.775. The Morgan fingerprint density at radius 3 is 2.62 bits per heavy atom. The van der Waals surface area contributed by atoms with Gasteiger partial charge in [-0.1, -0.05) is 0 Å². The third kappa shape index (κ3) is 1.99. The van der Waals surface area contributed by atoms with Gasteiger partial charge in [0.2, 0.25) is 0 Å². The molecule has 0 saturated heterocycles. The number of hydrogen-bond acceptors (Lipinski definition) is 3. The summed E-state index contributed by atoms with van der Waals surface area (Å²) < 4.78 is 1.25. The SMILES string of the molecule is CCN(CC)C(=O)n1ccc(N)n1. The summed E-state index contributed by atoms with van der Waals surface area (Å²) in [5, 5.41) is 3.83. The highest BCUT2D eigenvalue weighted by molar-refractivity contribution is 5.76. The number of aromatic nitrogens is 2. The van der Waals surface area contributed by atoms with E-state index in [9.17, 15) is 4.79 Å². The fourth-order valence-corrected chi connectivity index (χ4v) is 1.08. The van der Waals surface area contributed by atoms with Crippen molar-refractivity contribution in [2.45, 2.75) is 13.8 Å². The van der Waals surface area contributed by atoms with Crippen LogP contribution < -0.4 is 5.73 Å². The van der Waals surface area contributed by atoms with Crippen LogP contribution in [0.2, 0.25) is 0 Å². The lowest BCUT2D eigenvalue weighted by molar-refractivity contribution is 0.202. The van der Waals surface area contributed by atoms with Gasteiger partial charge < -0.3 is 10.6 Å². The van der Waals surface area contributed by atoms with E-state index < -0.39 is 0 Å². The average molecular weight is 182 g/mol. The van der Waals surface area contributed by atoms with Crippen molar-refractivity contribution in [3.63, 3.8) is 0 Å². The molecule has 0 saturated carbocycles. The number of anilines is 1. The Kier molecular flexibility index (Phi) is 2.89. The van der Waals surface area contributed by atoms with Gasteiger partial charge in [-0.15, -0.1) is 5.10 Å². The molecule has 0 aliphatic carbocycles. The molecule has 5 nitrogen and oxygen atoms in total. The Hall–Kier alpha value is -1.52. The highest BCUT2D eigenvalue weighted by Crippen LogP contribution is 1.99. The maximum absolute atomic E-state index is 11.6. The summed E-state index contributed by atoms with van der Waals surface area (Å²) in [6, 6.07) is 1.46. The molecule has 0 aliphatic heterocycles. The fraction of sp³-hybridized carbons (Fsp3) is 0.500. The molecule has 72 valence electrons. The van der Waals surface area contributed by atoms with Crippen molar-refractivity contribution in [2.75, 3.05) is 18.8 Å². The largest absolute Gasteiger partial charge is 0.382 e. The van der Waals surface area contributed by atoms with Gasteiger partial charge in [0.1, 0.15) is 5.82 Å². The van der Waals surface area contributed by atoms with Crippen molar-refractivity contribution in [2.24, 2.45) is 0 Å². The van der Waals surface area contributed by atoms with Crippen LogP contribution in [-0.2, 0) is 0 Å². The molecular formula is C8H14N4O. The van der Waals surface area contributed by atoms with Crippen molar-refractivity contribution < 1.29 is 4.79 Å². The minimum Gasteiger partial charge on any atom is -0.382 e. The number of carbonyl (C=O) groups is 1. The Balaban J connectivity index is 2.78. The summed E-state index contributed by atoms with van der Waals surface area (Å²) in [5.41, 5.74) is 5.40. The number of hydrogen-bond donors (Lipinski definition) is 1. The van der Waals surface area contributed by atoms with Crippen molar-refractivity contribution in [1.82, 2.24) is 14.7 Å². The number of nitrogens with two attached hydrogens (primary N) is 1. The van der Waals surface area contributed by atoms with Crippen molar-refractivity contribution in [3.8, 4) is 0 Å². The fourth-order valence-electron chi connectivity index (χ4n) is 1.08. The summed E-state index contributed by atoms with van der Waals surface area (Å²) in [5.74, 6) is 0.362. The van der Waals surface area contributed by atoms with E-state index in [0.717, 1.165) is 0 Å². The van der Waals surface area contributed by atoms with E-state index in [-0.39, 0.29) is 6.03 Å². The lowest BCUT2D eigenvalue weighted by Crippen LogP contribution is -2.34. The summed E-state index contributed by atoms with van der Waals surface area (Å²) in [7, 11) is 0. The van der Waals surface area contributed by atoms with Crippen molar-refractivity contribution in [1.29, 1.82) is 0 Å². The zero-order chi connectivity index (χ0) is 9.84. The standard InChI is InChI=1S/C8H14N4O/c1-3-11(4-2)8(13)12-6-5-7(9)10-12/h5-6H,3-4H2,1-2H3,(H2,9,10). The summed E-state index contributed by atoms with van der Waals surface area (Å²) in [4.78, 5) is 13.3. The molecule has 1 amide bonds. The second-order valence-electron chi connectivity index (χ2n) is 2.64. The summed E-state index contributed by atoms with van der Waals surface area (Å²) in [6.07, 6.45) is 1.57. The van der Waals surface area contributed by atoms with Gasteiger partial charge in [-0.25, -0.2) is 4.79 Å². The average Bonchev–Trinajstić information content (AvgIpc) is 2.54. The lowest BCUT2D eigenvalue weighted by atomic mass is 10.5. The zero-order valence-corrected chi connectivity index (χ0v) is 7.90. The molecule has 5 heteroatoms. The van der Waals surface area contributed by atoms with Crippen LogP contribution in [0.1, 0.15) is 13.8 Å². The Labute approximate surface area is 77.1 Å². The smallest absolute Gasteiger partial charge is 0.344 e. The molecule has 1 heterocycles. The molecule has 0 fully saturated rings. The molecule has 0 aliphatic rings. The minimum absolute atomic E-state index is 0.137. The molecule has 0 aromatic carbocycles. The van der Waals surface area contributed by atoms with Crippen LogP contribution in [0.25, 0.3) is 0 Å². The van der Waals surface area contributed by atoms with Gasteiger partial charge >= 0.3 is 6.03 Å². The van der Waals surface area contributed by atoms with Crippen LogP contribution in [0.3, 0.4) is 0 Å². The van der Waals surface area contributed by atoms with Gasteiger partial charge in [-0.05, 0) is 13.8 Å². The molecule has 1 aromatic heterocycles. The Morgan fingerprint density at radius 2 is 2.23 bits per heavy atom. The van der Waals surface area contributed by atoms with Gasteiger partial charge in [0.15, 0.2) is 0 Å². The number of amides is 1. The van der Waals surface area contributed by atoms with Crippen molar-refractivity contribution >= 4 is 11.8 Å². The second kappa shape index (κ2) is 3.93. The Bertz CT molecular complexity index is 290.